The smallest absolute Gasteiger partial charge is 0.0594 e. The molecular formula is C14H22N4O. The molecule has 1 aromatic heterocycles. The summed E-state index contributed by atoms with van der Waals surface area (Å²) < 4.78 is 5.42. The van der Waals surface area contributed by atoms with Gasteiger partial charge >= 0.3 is 0 Å². The van der Waals surface area contributed by atoms with Crippen LogP contribution in [0.5, 0.6) is 0 Å². The molecule has 0 aliphatic carbocycles. The van der Waals surface area contributed by atoms with E-state index in [1.54, 1.807) is 6.20 Å². The van der Waals surface area contributed by atoms with E-state index in [0.29, 0.717) is 6.04 Å². The zero-order valence-corrected chi connectivity index (χ0v) is 11.3. The van der Waals surface area contributed by atoms with Crippen LogP contribution in [0.2, 0.25) is 0 Å². The average molecular weight is 262 g/mol. The zero-order chi connectivity index (χ0) is 13.1. The molecule has 1 unspecified atom stereocenters. The summed E-state index contributed by atoms with van der Waals surface area (Å²) in [4.78, 5) is 9.43. The van der Waals surface area contributed by atoms with Crippen LogP contribution in [0.25, 0.3) is 0 Å². The quantitative estimate of drug-likeness (QED) is 0.863. The van der Waals surface area contributed by atoms with Gasteiger partial charge in [-0.3, -0.25) is 14.8 Å². The minimum Gasteiger partial charge on any atom is -0.397 e. The van der Waals surface area contributed by atoms with Gasteiger partial charge in [0, 0.05) is 38.8 Å². The maximum absolute atomic E-state index is 5.66. The SMILES string of the molecule is Nc1ccc(CN2CCC(N3CCOCC3)C2)nc1. The second-order valence-corrected chi connectivity index (χ2v) is 5.41. The number of nitrogens with zero attached hydrogens (tertiary/aromatic N) is 3. The van der Waals surface area contributed by atoms with Crippen LogP contribution in [0.3, 0.4) is 0 Å². The Morgan fingerprint density at radius 1 is 1.26 bits per heavy atom. The van der Waals surface area contributed by atoms with Gasteiger partial charge in [-0.15, -0.1) is 0 Å². The Bertz CT molecular complexity index is 402. The summed E-state index contributed by atoms with van der Waals surface area (Å²) in [5, 5.41) is 0. The molecular weight excluding hydrogens is 240 g/mol. The highest BCUT2D eigenvalue weighted by atomic mass is 16.5. The predicted octanol–water partition coefficient (Wildman–Crippen LogP) is 0.570. The Morgan fingerprint density at radius 2 is 2.11 bits per heavy atom. The average Bonchev–Trinajstić information content (AvgIpc) is 2.91. The highest BCUT2D eigenvalue weighted by Crippen LogP contribution is 2.18. The van der Waals surface area contributed by atoms with Gasteiger partial charge in [-0.1, -0.05) is 0 Å². The lowest BCUT2D eigenvalue weighted by Crippen LogP contribution is -2.44. The van der Waals surface area contributed by atoms with Crippen LogP contribution in [0, 0.1) is 0 Å². The Kier molecular flexibility index (Phi) is 3.96. The maximum atomic E-state index is 5.66. The number of hydrogen-bond acceptors (Lipinski definition) is 5. The van der Waals surface area contributed by atoms with Gasteiger partial charge in [0.15, 0.2) is 0 Å². The van der Waals surface area contributed by atoms with Gasteiger partial charge < -0.3 is 10.5 Å². The molecule has 2 aliphatic heterocycles. The van der Waals surface area contributed by atoms with E-state index in [2.05, 4.69) is 14.8 Å². The Balaban J connectivity index is 1.52. The first-order valence-corrected chi connectivity index (χ1v) is 7.06. The normalized spacial score (nSPS) is 25.8. The first-order chi connectivity index (χ1) is 9.31. The number of nitrogen functional groups attached to an aromatic ring is 1. The lowest BCUT2D eigenvalue weighted by atomic mass is 10.2. The van der Waals surface area contributed by atoms with E-state index in [4.69, 9.17) is 10.5 Å². The number of pyridine rings is 1. The van der Waals surface area contributed by atoms with Crippen molar-refractivity contribution in [3.05, 3.63) is 24.0 Å². The van der Waals surface area contributed by atoms with E-state index in [9.17, 15) is 0 Å². The molecule has 0 spiro atoms. The fraction of sp³-hybridized carbons (Fsp3) is 0.643. The third-order valence-electron chi connectivity index (χ3n) is 4.04. The lowest BCUT2D eigenvalue weighted by molar-refractivity contribution is 0.0183. The number of ether oxygens (including phenoxy) is 1. The molecule has 0 aromatic carbocycles. The van der Waals surface area contributed by atoms with E-state index in [-0.39, 0.29) is 0 Å². The van der Waals surface area contributed by atoms with Crippen molar-refractivity contribution >= 4 is 5.69 Å². The zero-order valence-electron chi connectivity index (χ0n) is 11.3. The molecule has 0 amide bonds. The molecule has 19 heavy (non-hydrogen) atoms. The lowest BCUT2D eigenvalue weighted by Gasteiger charge is -2.32. The van der Waals surface area contributed by atoms with Crippen molar-refractivity contribution in [1.82, 2.24) is 14.8 Å². The molecule has 2 N–H and O–H groups in total. The molecule has 2 aliphatic rings. The molecule has 3 heterocycles. The van der Waals surface area contributed by atoms with Gasteiger partial charge in [0.05, 0.1) is 30.8 Å². The number of hydrogen-bond donors (Lipinski definition) is 1. The molecule has 0 radical (unpaired) electrons. The van der Waals surface area contributed by atoms with E-state index < -0.39 is 0 Å². The fourth-order valence-corrected chi connectivity index (χ4v) is 2.96. The summed E-state index contributed by atoms with van der Waals surface area (Å²) in [7, 11) is 0. The second kappa shape index (κ2) is 5.86. The second-order valence-electron chi connectivity index (χ2n) is 5.41. The van der Waals surface area contributed by atoms with Gasteiger partial charge in [-0.05, 0) is 18.6 Å². The molecule has 104 valence electrons. The van der Waals surface area contributed by atoms with Crippen molar-refractivity contribution in [3.8, 4) is 0 Å². The monoisotopic (exact) mass is 262 g/mol. The van der Waals surface area contributed by atoms with E-state index in [0.717, 1.165) is 57.3 Å². The van der Waals surface area contributed by atoms with Gasteiger partial charge in [-0.2, -0.15) is 0 Å². The van der Waals surface area contributed by atoms with Crippen LogP contribution < -0.4 is 5.73 Å². The summed E-state index contributed by atoms with van der Waals surface area (Å²) in [6.07, 6.45) is 3.00. The van der Waals surface area contributed by atoms with Gasteiger partial charge in [0.1, 0.15) is 0 Å². The minimum atomic E-state index is 0.692. The number of likely N-dealkylation sites (tertiary alicyclic amines) is 1. The number of rotatable bonds is 3. The van der Waals surface area contributed by atoms with Crippen molar-refractivity contribution in [2.45, 2.75) is 19.0 Å². The molecule has 5 heteroatoms. The first kappa shape index (κ1) is 12.8. The highest BCUT2D eigenvalue weighted by Gasteiger charge is 2.28. The summed E-state index contributed by atoms with van der Waals surface area (Å²) in [6.45, 7) is 7.17. The minimum absolute atomic E-state index is 0.692. The van der Waals surface area contributed by atoms with Gasteiger partial charge in [0.2, 0.25) is 0 Å². The fourth-order valence-electron chi connectivity index (χ4n) is 2.96. The molecule has 5 nitrogen and oxygen atoms in total. The standard InChI is InChI=1S/C14H22N4O/c15-12-1-2-13(16-9-12)10-17-4-3-14(11-17)18-5-7-19-8-6-18/h1-2,9,14H,3-8,10-11,15H2. The largest absolute Gasteiger partial charge is 0.397 e. The van der Waals surface area contributed by atoms with Gasteiger partial charge in [0.25, 0.3) is 0 Å². The molecule has 0 bridgehead atoms. The molecule has 2 fully saturated rings. The third kappa shape index (κ3) is 3.23. The van der Waals surface area contributed by atoms with Crippen LogP contribution >= 0.6 is 0 Å². The van der Waals surface area contributed by atoms with Crippen molar-refractivity contribution in [3.63, 3.8) is 0 Å². The van der Waals surface area contributed by atoms with Crippen molar-refractivity contribution < 1.29 is 4.74 Å². The topological polar surface area (TPSA) is 54.6 Å². The number of morpholine rings is 1. The van der Waals surface area contributed by atoms with Crippen LogP contribution in [0.4, 0.5) is 5.69 Å². The number of anilines is 1. The van der Waals surface area contributed by atoms with Crippen LogP contribution in [0.1, 0.15) is 12.1 Å². The molecule has 0 saturated carbocycles. The summed E-state index contributed by atoms with van der Waals surface area (Å²) in [5.74, 6) is 0. The van der Waals surface area contributed by atoms with Crippen molar-refractivity contribution in [2.24, 2.45) is 0 Å². The van der Waals surface area contributed by atoms with E-state index >= 15 is 0 Å². The number of nitrogens with two attached hydrogens (primary N) is 1. The molecule has 1 aromatic rings. The Morgan fingerprint density at radius 3 is 2.84 bits per heavy atom. The van der Waals surface area contributed by atoms with E-state index in [1.165, 1.54) is 6.42 Å². The highest BCUT2D eigenvalue weighted by molar-refractivity contribution is 5.34. The summed E-state index contributed by atoms with van der Waals surface area (Å²) in [5.41, 5.74) is 7.50. The molecule has 3 rings (SSSR count). The molecule has 2 saturated heterocycles. The Hall–Kier alpha value is -1.17. The summed E-state index contributed by atoms with van der Waals surface area (Å²) >= 11 is 0. The van der Waals surface area contributed by atoms with Crippen LogP contribution in [-0.2, 0) is 11.3 Å². The maximum Gasteiger partial charge on any atom is 0.0594 e. The van der Waals surface area contributed by atoms with Crippen molar-refractivity contribution in [2.75, 3.05) is 45.1 Å². The first-order valence-electron chi connectivity index (χ1n) is 7.06. The molecule has 1 atom stereocenters. The van der Waals surface area contributed by atoms with Crippen LogP contribution in [0.15, 0.2) is 18.3 Å². The van der Waals surface area contributed by atoms with Crippen LogP contribution in [-0.4, -0.2) is 60.2 Å². The van der Waals surface area contributed by atoms with Gasteiger partial charge in [-0.25, -0.2) is 0 Å². The Labute approximate surface area is 114 Å². The third-order valence-corrected chi connectivity index (χ3v) is 4.04. The number of aromatic nitrogens is 1. The van der Waals surface area contributed by atoms with E-state index in [1.807, 2.05) is 12.1 Å². The van der Waals surface area contributed by atoms with Crippen molar-refractivity contribution in [1.29, 1.82) is 0 Å². The summed E-state index contributed by atoms with van der Waals surface area (Å²) in [6, 6.07) is 4.65. The predicted molar refractivity (Wildman–Crippen MR) is 74.7 cm³/mol.